The topological polar surface area (TPSA) is 85.2 Å². The van der Waals surface area contributed by atoms with Crippen molar-refractivity contribution >= 4 is 0 Å². The predicted octanol–water partition coefficient (Wildman–Crippen LogP) is 6.04. The van der Waals surface area contributed by atoms with Crippen molar-refractivity contribution in [2.75, 3.05) is 0 Å². The van der Waals surface area contributed by atoms with Crippen LogP contribution in [0.1, 0.15) is 63.7 Å². The molecule has 0 saturated heterocycles. The van der Waals surface area contributed by atoms with E-state index in [1.54, 1.807) is 4.68 Å². The first kappa shape index (κ1) is 24.6. The summed E-state index contributed by atoms with van der Waals surface area (Å²) in [5.41, 5.74) is 3.82. The number of hydrogen-bond donors (Lipinski definition) is 1. The van der Waals surface area contributed by atoms with E-state index >= 15 is 0 Å². The Kier molecular flexibility index (Phi) is 7.63. The van der Waals surface area contributed by atoms with Crippen LogP contribution in [-0.2, 0) is 18.9 Å². The van der Waals surface area contributed by atoms with Crippen molar-refractivity contribution in [2.45, 2.75) is 65.3 Å². The molecule has 7 nitrogen and oxygen atoms in total. The van der Waals surface area contributed by atoms with Crippen LogP contribution in [0.4, 0.5) is 8.78 Å². The third kappa shape index (κ3) is 5.96. The molecule has 4 rings (SSSR count). The van der Waals surface area contributed by atoms with Crippen molar-refractivity contribution in [3.8, 4) is 22.5 Å². The summed E-state index contributed by atoms with van der Waals surface area (Å²) in [5, 5.41) is 18.6. The Morgan fingerprint density at radius 2 is 1.77 bits per heavy atom. The molecular weight excluding hydrogens is 448 g/mol. The highest BCUT2D eigenvalue weighted by Gasteiger charge is 2.36. The zero-order chi connectivity index (χ0) is 24.8. The molecule has 0 atom stereocenters. The molecule has 9 heteroatoms. The van der Waals surface area contributed by atoms with Gasteiger partial charge < -0.3 is 0 Å². The molecule has 1 N–H and O–H groups in total. The van der Waals surface area contributed by atoms with E-state index in [2.05, 4.69) is 44.6 Å². The fourth-order valence-corrected chi connectivity index (χ4v) is 3.94. The molecule has 0 saturated carbocycles. The number of tetrazole rings is 1. The van der Waals surface area contributed by atoms with Crippen LogP contribution in [-0.4, -0.2) is 35.4 Å². The van der Waals surface area contributed by atoms with Crippen LogP contribution in [0.15, 0.2) is 48.5 Å². The standard InChI is InChI=1S/C26H31F2N7/c1-4-5-16-26(27,28)25-29-23(15-10-18(2)3)35(32-25)17-19-11-13-20(14-12-19)21-8-6-7-9-22(21)24-30-33-34-31-24/h6-9,11-14,18H,4-5,10,15-17H2,1-3H3,(H,30,31,33,34). The first-order valence-electron chi connectivity index (χ1n) is 12.1. The van der Waals surface area contributed by atoms with Gasteiger partial charge in [0.2, 0.25) is 11.6 Å². The lowest BCUT2D eigenvalue weighted by atomic mass is 9.98. The van der Waals surface area contributed by atoms with E-state index in [1.165, 1.54) is 0 Å². The summed E-state index contributed by atoms with van der Waals surface area (Å²) >= 11 is 0. The number of aromatic nitrogens is 7. The van der Waals surface area contributed by atoms with Crippen molar-refractivity contribution in [1.82, 2.24) is 35.4 Å². The maximum atomic E-state index is 14.7. The Labute approximate surface area is 204 Å². The van der Waals surface area contributed by atoms with Gasteiger partial charge in [0.25, 0.3) is 0 Å². The van der Waals surface area contributed by atoms with Crippen molar-refractivity contribution in [3.05, 3.63) is 65.7 Å². The van der Waals surface area contributed by atoms with Crippen LogP contribution in [0.25, 0.3) is 22.5 Å². The third-order valence-corrected chi connectivity index (χ3v) is 5.98. The number of aryl methyl sites for hydroxylation is 1. The predicted molar refractivity (Wildman–Crippen MR) is 131 cm³/mol. The number of H-pyrrole nitrogens is 1. The molecule has 2 aromatic heterocycles. The number of rotatable bonds is 11. The molecule has 0 aliphatic carbocycles. The lowest BCUT2D eigenvalue weighted by Gasteiger charge is -2.11. The molecule has 0 unspecified atom stereocenters. The van der Waals surface area contributed by atoms with Gasteiger partial charge in [0.15, 0.2) is 0 Å². The van der Waals surface area contributed by atoms with Gasteiger partial charge in [-0.05, 0) is 40.7 Å². The number of nitrogens with one attached hydrogen (secondary N) is 1. The Morgan fingerprint density at radius 3 is 2.43 bits per heavy atom. The van der Waals surface area contributed by atoms with Gasteiger partial charge in [0.05, 0.1) is 6.54 Å². The molecular formula is C26H31F2N7. The number of benzene rings is 2. The number of hydrogen-bond acceptors (Lipinski definition) is 5. The van der Waals surface area contributed by atoms with Crippen LogP contribution in [0, 0.1) is 5.92 Å². The average Bonchev–Trinajstić information content (AvgIpc) is 3.53. The highest BCUT2D eigenvalue weighted by atomic mass is 19.3. The van der Waals surface area contributed by atoms with E-state index in [9.17, 15) is 8.78 Å². The second-order valence-corrected chi connectivity index (χ2v) is 9.23. The van der Waals surface area contributed by atoms with Gasteiger partial charge in [0, 0.05) is 18.4 Å². The maximum Gasteiger partial charge on any atom is 0.308 e. The van der Waals surface area contributed by atoms with Crippen molar-refractivity contribution in [1.29, 1.82) is 0 Å². The van der Waals surface area contributed by atoms with Crippen molar-refractivity contribution < 1.29 is 8.78 Å². The summed E-state index contributed by atoms with van der Waals surface area (Å²) in [6.07, 6.45) is 2.40. The minimum atomic E-state index is -3.02. The van der Waals surface area contributed by atoms with Crippen LogP contribution in [0.5, 0.6) is 0 Å². The second kappa shape index (κ2) is 10.8. The third-order valence-electron chi connectivity index (χ3n) is 5.98. The van der Waals surface area contributed by atoms with Gasteiger partial charge in [-0.1, -0.05) is 75.7 Å². The van der Waals surface area contributed by atoms with Gasteiger partial charge in [-0.15, -0.1) is 15.3 Å². The molecule has 2 aromatic carbocycles. The molecule has 0 radical (unpaired) electrons. The largest absolute Gasteiger partial charge is 0.308 e. The van der Waals surface area contributed by atoms with E-state index in [4.69, 9.17) is 0 Å². The second-order valence-electron chi connectivity index (χ2n) is 9.23. The van der Waals surface area contributed by atoms with Crippen LogP contribution < -0.4 is 0 Å². The molecule has 0 bridgehead atoms. The smallest absolute Gasteiger partial charge is 0.245 e. The van der Waals surface area contributed by atoms with Gasteiger partial charge in [-0.25, -0.2) is 9.67 Å². The van der Waals surface area contributed by atoms with Crippen LogP contribution >= 0.6 is 0 Å². The summed E-state index contributed by atoms with van der Waals surface area (Å²) in [4.78, 5) is 4.29. The molecule has 0 fully saturated rings. The summed E-state index contributed by atoms with van der Waals surface area (Å²) in [6, 6.07) is 15.9. The minimum absolute atomic E-state index is 0.231. The summed E-state index contributed by atoms with van der Waals surface area (Å²) in [5.74, 6) is -1.80. The van der Waals surface area contributed by atoms with E-state index in [-0.39, 0.29) is 12.2 Å². The van der Waals surface area contributed by atoms with Crippen molar-refractivity contribution in [2.24, 2.45) is 5.92 Å². The molecule has 184 valence electrons. The Bertz CT molecular complexity index is 1210. The molecule has 4 aromatic rings. The molecule has 0 aliphatic rings. The summed E-state index contributed by atoms with van der Waals surface area (Å²) in [7, 11) is 0. The molecule has 35 heavy (non-hydrogen) atoms. The van der Waals surface area contributed by atoms with Crippen molar-refractivity contribution in [3.63, 3.8) is 0 Å². The molecule has 0 aliphatic heterocycles. The van der Waals surface area contributed by atoms with Gasteiger partial charge >= 0.3 is 5.92 Å². The lowest BCUT2D eigenvalue weighted by Crippen LogP contribution is -2.16. The van der Waals surface area contributed by atoms with Gasteiger partial charge in [-0.3, -0.25) is 0 Å². The highest BCUT2D eigenvalue weighted by Crippen LogP contribution is 2.32. The quantitative estimate of drug-likeness (QED) is 0.283. The highest BCUT2D eigenvalue weighted by molar-refractivity contribution is 5.80. The summed E-state index contributed by atoms with van der Waals surface area (Å²) < 4.78 is 31.1. The maximum absolute atomic E-state index is 14.7. The molecule has 0 amide bonds. The van der Waals surface area contributed by atoms with Crippen LogP contribution in [0.2, 0.25) is 0 Å². The Hall–Kier alpha value is -3.49. The number of halogens is 2. The number of alkyl halides is 2. The Morgan fingerprint density at radius 1 is 1.03 bits per heavy atom. The zero-order valence-corrected chi connectivity index (χ0v) is 20.4. The lowest BCUT2D eigenvalue weighted by molar-refractivity contribution is -0.0245. The molecule has 2 heterocycles. The molecule has 0 spiro atoms. The SMILES string of the molecule is CCCCC(F)(F)c1nc(CCC(C)C)n(Cc2ccc(-c3ccccc3-c3nn[nH]n3)cc2)n1. The zero-order valence-electron chi connectivity index (χ0n) is 20.4. The minimum Gasteiger partial charge on any atom is -0.245 e. The normalized spacial score (nSPS) is 11.9. The first-order valence-corrected chi connectivity index (χ1v) is 12.1. The van der Waals surface area contributed by atoms with Gasteiger partial charge in [0.1, 0.15) is 5.82 Å². The number of unbranched alkanes of at least 4 members (excludes halogenated alkanes) is 1. The van der Waals surface area contributed by atoms with Crippen LogP contribution in [0.3, 0.4) is 0 Å². The first-order chi connectivity index (χ1) is 16.9. The Balaban J connectivity index is 1.58. The average molecular weight is 480 g/mol. The van der Waals surface area contributed by atoms with E-state index < -0.39 is 5.92 Å². The fourth-order valence-electron chi connectivity index (χ4n) is 3.94. The summed E-state index contributed by atoms with van der Waals surface area (Å²) in [6.45, 7) is 6.52. The van der Waals surface area contributed by atoms with Gasteiger partial charge in [-0.2, -0.15) is 14.0 Å². The number of nitrogens with zero attached hydrogens (tertiary/aromatic N) is 6. The van der Waals surface area contributed by atoms with E-state index in [0.717, 1.165) is 28.7 Å². The number of aromatic amines is 1. The van der Waals surface area contributed by atoms with E-state index in [0.29, 0.717) is 43.4 Å². The fraction of sp³-hybridized carbons (Fsp3) is 0.423. The van der Waals surface area contributed by atoms with E-state index in [1.807, 2.05) is 55.5 Å². The monoisotopic (exact) mass is 479 g/mol.